The zero-order valence-corrected chi connectivity index (χ0v) is 7.34. The summed E-state index contributed by atoms with van der Waals surface area (Å²) in [6.07, 6.45) is -6.33. The lowest BCUT2D eigenvalue weighted by Crippen LogP contribution is -2.27. The van der Waals surface area contributed by atoms with E-state index in [1.54, 1.807) is 0 Å². The minimum absolute atomic E-state index is 0.181. The first-order chi connectivity index (χ1) is 6.73. The predicted molar refractivity (Wildman–Crippen MR) is 38.6 cm³/mol. The third-order valence-corrected chi connectivity index (χ3v) is 1.21. The SMILES string of the molecule is O=C(O)CCCC(=O)OC(=O)C(F)(F)F. The van der Waals surface area contributed by atoms with Gasteiger partial charge in [-0.3, -0.25) is 9.59 Å². The number of aliphatic carboxylic acids is 1. The number of carbonyl (C=O) groups excluding carboxylic acids is 2. The first-order valence-electron chi connectivity index (χ1n) is 3.77. The molecule has 0 rings (SSSR count). The highest BCUT2D eigenvalue weighted by atomic mass is 19.4. The molecule has 1 N–H and O–H groups in total. The summed E-state index contributed by atoms with van der Waals surface area (Å²) >= 11 is 0. The van der Waals surface area contributed by atoms with Gasteiger partial charge in [0, 0.05) is 12.8 Å². The fourth-order valence-electron chi connectivity index (χ4n) is 0.596. The van der Waals surface area contributed by atoms with Crippen molar-refractivity contribution in [1.29, 1.82) is 0 Å². The van der Waals surface area contributed by atoms with Crippen molar-refractivity contribution in [3.8, 4) is 0 Å². The summed E-state index contributed by atoms with van der Waals surface area (Å²) in [5, 5.41) is 8.14. The Morgan fingerprint density at radius 1 is 1.13 bits per heavy atom. The highest BCUT2D eigenvalue weighted by Gasteiger charge is 2.42. The number of halogens is 3. The third kappa shape index (κ3) is 6.47. The van der Waals surface area contributed by atoms with Crippen molar-refractivity contribution < 1.29 is 37.4 Å². The number of esters is 2. The van der Waals surface area contributed by atoms with Crippen molar-refractivity contribution in [2.45, 2.75) is 25.4 Å². The Kier molecular flexibility index (Phi) is 4.75. The van der Waals surface area contributed by atoms with E-state index in [1.807, 2.05) is 0 Å². The van der Waals surface area contributed by atoms with Gasteiger partial charge in [-0.15, -0.1) is 0 Å². The molecule has 86 valence electrons. The van der Waals surface area contributed by atoms with E-state index in [9.17, 15) is 27.6 Å². The van der Waals surface area contributed by atoms with E-state index >= 15 is 0 Å². The molecule has 0 aromatic rings. The summed E-state index contributed by atoms with van der Waals surface area (Å²) in [5.74, 6) is -5.17. The average molecular weight is 228 g/mol. The van der Waals surface area contributed by atoms with Crippen molar-refractivity contribution in [3.05, 3.63) is 0 Å². The van der Waals surface area contributed by atoms with Crippen LogP contribution >= 0.6 is 0 Å². The predicted octanol–water partition coefficient (Wildman–Crippen LogP) is 0.873. The number of hydrogen-bond acceptors (Lipinski definition) is 4. The lowest BCUT2D eigenvalue weighted by molar-refractivity contribution is -0.201. The lowest BCUT2D eigenvalue weighted by Gasteiger charge is -2.04. The summed E-state index contributed by atoms with van der Waals surface area (Å²) in [5.41, 5.74) is 0. The van der Waals surface area contributed by atoms with Gasteiger partial charge in [0.05, 0.1) is 0 Å². The highest BCUT2D eigenvalue weighted by molar-refractivity contribution is 5.88. The molecular formula is C7H7F3O5. The van der Waals surface area contributed by atoms with E-state index < -0.39 is 30.5 Å². The molecule has 0 bridgehead atoms. The Morgan fingerprint density at radius 3 is 2.07 bits per heavy atom. The Hall–Kier alpha value is -1.60. The summed E-state index contributed by atoms with van der Waals surface area (Å²) in [6, 6.07) is 0. The van der Waals surface area contributed by atoms with E-state index in [1.165, 1.54) is 0 Å². The summed E-state index contributed by atoms with van der Waals surface area (Å²) in [4.78, 5) is 30.6. The second-order valence-corrected chi connectivity index (χ2v) is 2.51. The van der Waals surface area contributed by atoms with Crippen LogP contribution in [-0.4, -0.2) is 29.2 Å². The quantitative estimate of drug-likeness (QED) is 0.570. The van der Waals surface area contributed by atoms with Gasteiger partial charge in [-0.05, 0) is 6.42 Å². The summed E-state index contributed by atoms with van der Waals surface area (Å²) < 4.78 is 38.0. The highest BCUT2D eigenvalue weighted by Crippen LogP contribution is 2.16. The Labute approximate surface area is 81.8 Å². The second kappa shape index (κ2) is 5.32. The molecule has 0 radical (unpaired) electrons. The van der Waals surface area contributed by atoms with Gasteiger partial charge in [0.1, 0.15) is 0 Å². The monoisotopic (exact) mass is 228 g/mol. The zero-order chi connectivity index (χ0) is 12.1. The fraction of sp³-hybridized carbons (Fsp3) is 0.571. The van der Waals surface area contributed by atoms with Crippen LogP contribution in [0, 0.1) is 0 Å². The third-order valence-electron chi connectivity index (χ3n) is 1.21. The van der Waals surface area contributed by atoms with Gasteiger partial charge in [0.15, 0.2) is 0 Å². The van der Waals surface area contributed by atoms with E-state index in [2.05, 4.69) is 4.74 Å². The van der Waals surface area contributed by atoms with Gasteiger partial charge in [-0.1, -0.05) is 0 Å². The normalized spacial score (nSPS) is 10.9. The van der Waals surface area contributed by atoms with Crippen LogP contribution in [0.5, 0.6) is 0 Å². The van der Waals surface area contributed by atoms with E-state index in [4.69, 9.17) is 5.11 Å². The van der Waals surface area contributed by atoms with Crippen molar-refractivity contribution in [3.63, 3.8) is 0 Å². The number of alkyl halides is 3. The van der Waals surface area contributed by atoms with Crippen molar-refractivity contribution >= 4 is 17.9 Å². The number of hydrogen-bond donors (Lipinski definition) is 1. The molecule has 0 aromatic carbocycles. The van der Waals surface area contributed by atoms with Crippen molar-refractivity contribution in [1.82, 2.24) is 0 Å². The van der Waals surface area contributed by atoms with E-state index in [0.29, 0.717) is 0 Å². The molecule has 0 heterocycles. The maximum atomic E-state index is 11.5. The number of ether oxygens (including phenoxy) is 1. The maximum absolute atomic E-state index is 11.5. The molecule has 0 aliphatic carbocycles. The Morgan fingerprint density at radius 2 is 1.67 bits per heavy atom. The second-order valence-electron chi connectivity index (χ2n) is 2.51. The number of carboxylic acid groups (broad SMARTS) is 1. The van der Waals surface area contributed by atoms with Crippen LogP contribution in [0.4, 0.5) is 13.2 Å². The minimum Gasteiger partial charge on any atom is -0.481 e. The van der Waals surface area contributed by atoms with Crippen LogP contribution in [0.1, 0.15) is 19.3 Å². The van der Waals surface area contributed by atoms with Crippen LogP contribution in [0.15, 0.2) is 0 Å². The maximum Gasteiger partial charge on any atom is 0.491 e. The van der Waals surface area contributed by atoms with Gasteiger partial charge < -0.3 is 9.84 Å². The molecule has 8 heteroatoms. The van der Waals surface area contributed by atoms with Crippen LogP contribution in [0.25, 0.3) is 0 Å². The standard InChI is InChI=1S/C7H7F3O5/c8-7(9,10)6(14)15-5(13)3-1-2-4(11)12/h1-3H2,(H,11,12). The molecule has 0 aliphatic heterocycles. The minimum atomic E-state index is -5.22. The topological polar surface area (TPSA) is 80.7 Å². The van der Waals surface area contributed by atoms with Crippen LogP contribution < -0.4 is 0 Å². The van der Waals surface area contributed by atoms with Crippen molar-refractivity contribution in [2.24, 2.45) is 0 Å². The van der Waals surface area contributed by atoms with Crippen LogP contribution in [0.2, 0.25) is 0 Å². The Bertz CT molecular complexity index is 270. The van der Waals surface area contributed by atoms with E-state index in [-0.39, 0.29) is 12.8 Å². The van der Waals surface area contributed by atoms with Crippen LogP contribution in [0.3, 0.4) is 0 Å². The van der Waals surface area contributed by atoms with Gasteiger partial charge >= 0.3 is 24.1 Å². The van der Waals surface area contributed by atoms with Crippen LogP contribution in [-0.2, 0) is 19.1 Å². The van der Waals surface area contributed by atoms with E-state index in [0.717, 1.165) is 0 Å². The summed E-state index contributed by atoms with van der Waals surface area (Å²) in [6.45, 7) is 0. The molecule has 0 fully saturated rings. The zero-order valence-electron chi connectivity index (χ0n) is 7.34. The molecule has 15 heavy (non-hydrogen) atoms. The van der Waals surface area contributed by atoms with Gasteiger partial charge in [-0.25, -0.2) is 4.79 Å². The number of carbonyl (C=O) groups is 3. The molecule has 0 aromatic heterocycles. The molecular weight excluding hydrogens is 221 g/mol. The van der Waals surface area contributed by atoms with Crippen molar-refractivity contribution in [2.75, 3.05) is 0 Å². The molecule has 0 saturated heterocycles. The number of rotatable bonds is 4. The Balaban J connectivity index is 3.85. The lowest BCUT2D eigenvalue weighted by atomic mass is 10.2. The van der Waals surface area contributed by atoms with Gasteiger partial charge in [0.2, 0.25) is 0 Å². The average Bonchev–Trinajstić information content (AvgIpc) is 2.01. The molecule has 0 saturated carbocycles. The first-order valence-corrected chi connectivity index (χ1v) is 3.77. The first kappa shape index (κ1) is 13.4. The number of carboxylic acids is 1. The summed E-state index contributed by atoms with van der Waals surface area (Å²) in [7, 11) is 0. The molecule has 0 spiro atoms. The smallest absolute Gasteiger partial charge is 0.481 e. The van der Waals surface area contributed by atoms with Gasteiger partial charge in [0.25, 0.3) is 0 Å². The molecule has 0 amide bonds. The molecule has 5 nitrogen and oxygen atoms in total. The molecule has 0 aliphatic rings. The van der Waals surface area contributed by atoms with Gasteiger partial charge in [-0.2, -0.15) is 13.2 Å². The largest absolute Gasteiger partial charge is 0.491 e. The fourth-order valence-corrected chi connectivity index (χ4v) is 0.596. The molecule has 0 unspecified atom stereocenters. The molecule has 0 atom stereocenters.